The van der Waals surface area contributed by atoms with E-state index < -0.39 is 0 Å². The van der Waals surface area contributed by atoms with Gasteiger partial charge in [0, 0.05) is 17.6 Å². The number of aliphatic hydroxyl groups is 1. The Kier molecular flexibility index (Phi) is 4.35. The number of rotatable bonds is 4. The molecule has 3 nitrogen and oxygen atoms in total. The molecule has 1 aromatic rings. The monoisotopic (exact) mass is 287 g/mol. The van der Waals surface area contributed by atoms with E-state index in [4.69, 9.17) is 0 Å². The summed E-state index contributed by atoms with van der Waals surface area (Å²) in [5.41, 5.74) is 0.549. The fourth-order valence-electron chi connectivity index (χ4n) is 1.28. The molecule has 0 saturated carbocycles. The maximum absolute atomic E-state index is 9.85. The highest BCUT2D eigenvalue weighted by molar-refractivity contribution is 9.10. The predicted octanol–water partition coefficient (Wildman–Crippen LogP) is 2.36. The minimum atomic E-state index is -0.297. The number of hydrogen-bond donors (Lipinski definition) is 2. The van der Waals surface area contributed by atoms with E-state index in [-0.39, 0.29) is 17.9 Å². The van der Waals surface area contributed by atoms with Gasteiger partial charge in [0.2, 0.25) is 0 Å². The zero-order chi connectivity index (χ0) is 12.3. The SMILES string of the molecule is CN(Cc1cccc(Br)c1O)C(C)(C)CO. The normalized spacial score (nSPS) is 12.1. The molecule has 0 fully saturated rings. The Morgan fingerprint density at radius 3 is 2.56 bits per heavy atom. The summed E-state index contributed by atoms with van der Waals surface area (Å²) in [6.45, 7) is 4.60. The molecule has 0 aliphatic rings. The fraction of sp³-hybridized carbons (Fsp3) is 0.500. The molecule has 0 aliphatic carbocycles. The van der Waals surface area contributed by atoms with Crippen LogP contribution in [0.2, 0.25) is 0 Å². The Morgan fingerprint density at radius 1 is 1.38 bits per heavy atom. The van der Waals surface area contributed by atoms with Crippen LogP contribution < -0.4 is 0 Å². The molecule has 0 atom stereocenters. The molecule has 1 aromatic carbocycles. The highest BCUT2D eigenvalue weighted by Crippen LogP contribution is 2.29. The van der Waals surface area contributed by atoms with Crippen LogP contribution in [0, 0.1) is 0 Å². The Hall–Kier alpha value is -0.580. The quantitative estimate of drug-likeness (QED) is 0.894. The van der Waals surface area contributed by atoms with Crippen LogP contribution in [0.3, 0.4) is 0 Å². The van der Waals surface area contributed by atoms with Crippen molar-refractivity contribution >= 4 is 15.9 Å². The van der Waals surface area contributed by atoms with Crippen LogP contribution in [0.5, 0.6) is 5.75 Å². The van der Waals surface area contributed by atoms with Gasteiger partial charge < -0.3 is 10.2 Å². The first-order valence-corrected chi connectivity index (χ1v) is 5.96. The molecule has 16 heavy (non-hydrogen) atoms. The Balaban J connectivity index is 2.85. The van der Waals surface area contributed by atoms with Crippen molar-refractivity contribution < 1.29 is 10.2 Å². The van der Waals surface area contributed by atoms with Crippen molar-refractivity contribution in [3.63, 3.8) is 0 Å². The predicted molar refractivity (Wildman–Crippen MR) is 68.4 cm³/mol. The largest absolute Gasteiger partial charge is 0.506 e. The molecular weight excluding hydrogens is 270 g/mol. The van der Waals surface area contributed by atoms with Gasteiger partial charge in [-0.1, -0.05) is 12.1 Å². The average molecular weight is 288 g/mol. The van der Waals surface area contributed by atoms with E-state index in [2.05, 4.69) is 15.9 Å². The molecule has 0 saturated heterocycles. The molecule has 0 unspecified atom stereocenters. The molecule has 1 rings (SSSR count). The van der Waals surface area contributed by atoms with Crippen molar-refractivity contribution in [2.24, 2.45) is 0 Å². The Bertz CT molecular complexity index is 366. The van der Waals surface area contributed by atoms with E-state index in [9.17, 15) is 10.2 Å². The van der Waals surface area contributed by atoms with Gasteiger partial charge in [0.1, 0.15) is 5.75 Å². The van der Waals surface area contributed by atoms with Crippen molar-refractivity contribution in [1.29, 1.82) is 0 Å². The van der Waals surface area contributed by atoms with E-state index in [0.717, 1.165) is 5.56 Å². The number of aromatic hydroxyl groups is 1. The summed E-state index contributed by atoms with van der Waals surface area (Å²) in [4.78, 5) is 2.01. The summed E-state index contributed by atoms with van der Waals surface area (Å²) in [5, 5.41) is 19.1. The standard InChI is InChI=1S/C12H18BrNO2/c1-12(2,8-15)14(3)7-9-5-4-6-10(13)11(9)16/h4-6,15-16H,7-8H2,1-3H3. The lowest BCUT2D eigenvalue weighted by Crippen LogP contribution is -2.43. The summed E-state index contributed by atoms with van der Waals surface area (Å²) < 4.78 is 0.695. The van der Waals surface area contributed by atoms with E-state index in [0.29, 0.717) is 11.0 Å². The maximum Gasteiger partial charge on any atom is 0.134 e. The van der Waals surface area contributed by atoms with Crippen molar-refractivity contribution in [2.45, 2.75) is 25.9 Å². The van der Waals surface area contributed by atoms with Gasteiger partial charge in [-0.25, -0.2) is 0 Å². The molecule has 0 bridgehead atoms. The number of phenolic OH excluding ortho intramolecular Hbond substituents is 1. The summed E-state index contributed by atoms with van der Waals surface area (Å²) in [6, 6.07) is 5.57. The first-order valence-electron chi connectivity index (χ1n) is 5.17. The second-order valence-electron chi connectivity index (χ2n) is 4.57. The number of hydrogen-bond acceptors (Lipinski definition) is 3. The second-order valence-corrected chi connectivity index (χ2v) is 5.43. The zero-order valence-electron chi connectivity index (χ0n) is 9.87. The van der Waals surface area contributed by atoms with E-state index in [1.165, 1.54) is 0 Å². The number of phenols is 1. The molecule has 0 heterocycles. The maximum atomic E-state index is 9.85. The van der Waals surface area contributed by atoms with Crippen LogP contribution in [-0.4, -0.2) is 34.3 Å². The summed E-state index contributed by atoms with van der Waals surface area (Å²) in [6.07, 6.45) is 0. The molecule has 0 radical (unpaired) electrons. The molecule has 0 aromatic heterocycles. The number of para-hydroxylation sites is 1. The lowest BCUT2D eigenvalue weighted by molar-refractivity contribution is 0.0728. The highest BCUT2D eigenvalue weighted by atomic mass is 79.9. The van der Waals surface area contributed by atoms with Gasteiger partial charge in [-0.05, 0) is 42.9 Å². The number of halogens is 1. The van der Waals surface area contributed by atoms with Gasteiger partial charge in [-0.15, -0.1) is 0 Å². The average Bonchev–Trinajstić information content (AvgIpc) is 2.24. The third kappa shape index (κ3) is 2.97. The van der Waals surface area contributed by atoms with Crippen molar-refractivity contribution in [3.8, 4) is 5.75 Å². The molecule has 0 spiro atoms. The van der Waals surface area contributed by atoms with E-state index in [1.54, 1.807) is 6.07 Å². The molecule has 90 valence electrons. The van der Waals surface area contributed by atoms with Gasteiger partial charge in [-0.2, -0.15) is 0 Å². The molecule has 0 amide bonds. The summed E-state index contributed by atoms with van der Waals surface area (Å²) in [5.74, 6) is 0.267. The van der Waals surface area contributed by atoms with Crippen molar-refractivity contribution in [1.82, 2.24) is 4.90 Å². The first-order chi connectivity index (χ1) is 7.38. The third-order valence-corrected chi connectivity index (χ3v) is 3.54. The molecule has 2 N–H and O–H groups in total. The lowest BCUT2D eigenvalue weighted by atomic mass is 10.0. The fourth-order valence-corrected chi connectivity index (χ4v) is 1.69. The van der Waals surface area contributed by atoms with E-state index >= 15 is 0 Å². The Labute approximate surface area is 105 Å². The number of benzene rings is 1. The van der Waals surface area contributed by atoms with Gasteiger partial charge in [0.05, 0.1) is 11.1 Å². The minimum absolute atomic E-state index is 0.0816. The highest BCUT2D eigenvalue weighted by Gasteiger charge is 2.23. The van der Waals surface area contributed by atoms with Crippen LogP contribution in [0.25, 0.3) is 0 Å². The number of nitrogens with zero attached hydrogens (tertiary/aromatic N) is 1. The van der Waals surface area contributed by atoms with Gasteiger partial charge in [0.25, 0.3) is 0 Å². The smallest absolute Gasteiger partial charge is 0.134 e. The lowest BCUT2D eigenvalue weighted by Gasteiger charge is -2.34. The third-order valence-electron chi connectivity index (χ3n) is 2.90. The number of aliphatic hydroxyl groups excluding tert-OH is 1. The molecule has 4 heteroatoms. The minimum Gasteiger partial charge on any atom is -0.506 e. The second kappa shape index (κ2) is 5.17. The van der Waals surface area contributed by atoms with Crippen LogP contribution in [0.4, 0.5) is 0 Å². The van der Waals surface area contributed by atoms with Crippen LogP contribution in [0.1, 0.15) is 19.4 Å². The topological polar surface area (TPSA) is 43.7 Å². The molecule has 0 aliphatic heterocycles. The van der Waals surface area contributed by atoms with Crippen LogP contribution in [0.15, 0.2) is 22.7 Å². The zero-order valence-corrected chi connectivity index (χ0v) is 11.5. The summed E-state index contributed by atoms with van der Waals surface area (Å²) >= 11 is 3.29. The first kappa shape index (κ1) is 13.5. The molecular formula is C12H18BrNO2. The van der Waals surface area contributed by atoms with Crippen LogP contribution >= 0.6 is 15.9 Å². The Morgan fingerprint density at radius 2 is 2.00 bits per heavy atom. The summed E-state index contributed by atoms with van der Waals surface area (Å²) in [7, 11) is 1.93. The van der Waals surface area contributed by atoms with Crippen LogP contribution in [-0.2, 0) is 6.54 Å². The van der Waals surface area contributed by atoms with Gasteiger partial charge in [0.15, 0.2) is 0 Å². The van der Waals surface area contributed by atoms with Crippen molar-refractivity contribution in [3.05, 3.63) is 28.2 Å². The van der Waals surface area contributed by atoms with Gasteiger partial charge >= 0.3 is 0 Å². The van der Waals surface area contributed by atoms with Gasteiger partial charge in [-0.3, -0.25) is 4.90 Å². The van der Waals surface area contributed by atoms with Crippen molar-refractivity contribution in [2.75, 3.05) is 13.7 Å². The number of likely N-dealkylation sites (N-methyl/N-ethyl adjacent to an activating group) is 1. The van der Waals surface area contributed by atoms with E-state index in [1.807, 2.05) is 37.9 Å².